The molecule has 0 spiro atoms. The minimum atomic E-state index is -0.627. The van der Waals surface area contributed by atoms with Gasteiger partial charge in [-0.1, -0.05) is 12.1 Å². The van der Waals surface area contributed by atoms with E-state index in [0.29, 0.717) is 10.4 Å². The standard InChI is InChI=1S/C22H28N4O4S/c1-6-26(7-2)17-11-9-16(10-12-17)13-23-25-22(29)24-20-18(21(28)30-8-3)14(4)19(31-20)15(5)27/h9-13H,6-8H2,1-5H3,(H2,24,25,29)/b23-13-. The molecule has 0 unspecified atom stereocenters. The number of carbonyl (C=O) groups is 3. The third-order valence-corrected chi connectivity index (χ3v) is 5.88. The quantitative estimate of drug-likeness (QED) is 0.258. The van der Waals surface area contributed by atoms with E-state index >= 15 is 0 Å². The van der Waals surface area contributed by atoms with E-state index in [1.807, 2.05) is 24.3 Å². The molecule has 0 fully saturated rings. The van der Waals surface area contributed by atoms with Crippen molar-refractivity contribution in [2.45, 2.75) is 34.6 Å². The highest BCUT2D eigenvalue weighted by atomic mass is 32.1. The molecule has 2 rings (SSSR count). The summed E-state index contributed by atoms with van der Waals surface area (Å²) in [6.07, 6.45) is 1.53. The fourth-order valence-corrected chi connectivity index (χ4v) is 4.13. The van der Waals surface area contributed by atoms with Crippen LogP contribution in [0.25, 0.3) is 0 Å². The number of carbonyl (C=O) groups excluding carboxylic acids is 3. The Balaban J connectivity index is 2.08. The van der Waals surface area contributed by atoms with Crippen LogP contribution < -0.4 is 15.6 Å². The van der Waals surface area contributed by atoms with Gasteiger partial charge < -0.3 is 9.64 Å². The van der Waals surface area contributed by atoms with Gasteiger partial charge in [0, 0.05) is 18.8 Å². The van der Waals surface area contributed by atoms with Crippen LogP contribution in [-0.4, -0.2) is 43.7 Å². The smallest absolute Gasteiger partial charge is 0.341 e. The molecule has 0 atom stereocenters. The number of esters is 1. The zero-order valence-electron chi connectivity index (χ0n) is 18.4. The highest BCUT2D eigenvalue weighted by Crippen LogP contribution is 2.34. The van der Waals surface area contributed by atoms with Crippen LogP contribution in [0.4, 0.5) is 15.5 Å². The zero-order chi connectivity index (χ0) is 23.0. The van der Waals surface area contributed by atoms with Crippen LogP contribution in [0.2, 0.25) is 0 Å². The van der Waals surface area contributed by atoms with E-state index < -0.39 is 12.0 Å². The Labute approximate surface area is 186 Å². The van der Waals surface area contributed by atoms with E-state index in [2.05, 4.69) is 34.6 Å². The van der Waals surface area contributed by atoms with Gasteiger partial charge in [0.05, 0.1) is 23.3 Å². The Bertz CT molecular complexity index is 963. The Hall–Kier alpha value is -3.20. The number of ether oxygens (including phenoxy) is 1. The van der Waals surface area contributed by atoms with E-state index in [1.165, 1.54) is 13.1 Å². The van der Waals surface area contributed by atoms with Crippen molar-refractivity contribution in [3.63, 3.8) is 0 Å². The summed E-state index contributed by atoms with van der Waals surface area (Å²) >= 11 is 1.04. The van der Waals surface area contributed by atoms with Crippen molar-refractivity contribution in [1.82, 2.24) is 5.43 Å². The second-order valence-corrected chi connectivity index (χ2v) is 7.65. The number of nitrogens with zero attached hydrogens (tertiary/aromatic N) is 2. The first kappa shape index (κ1) is 24.1. The first-order valence-corrected chi connectivity index (χ1v) is 10.9. The van der Waals surface area contributed by atoms with Crippen LogP contribution in [0, 0.1) is 6.92 Å². The number of rotatable bonds is 9. The second kappa shape index (κ2) is 11.3. The van der Waals surface area contributed by atoms with Crippen molar-refractivity contribution in [2.75, 3.05) is 29.9 Å². The van der Waals surface area contributed by atoms with E-state index in [-0.39, 0.29) is 23.0 Å². The van der Waals surface area contributed by atoms with Gasteiger partial charge in [0.15, 0.2) is 5.78 Å². The molecular weight excluding hydrogens is 416 g/mol. The van der Waals surface area contributed by atoms with Crippen molar-refractivity contribution in [2.24, 2.45) is 5.10 Å². The molecule has 0 aliphatic rings. The molecule has 1 aromatic carbocycles. The predicted molar refractivity (Wildman–Crippen MR) is 125 cm³/mol. The SMILES string of the molecule is CCOC(=O)c1c(NC(=O)N/N=C\c2ccc(N(CC)CC)cc2)sc(C(C)=O)c1C. The molecule has 31 heavy (non-hydrogen) atoms. The Morgan fingerprint density at radius 2 is 1.77 bits per heavy atom. The number of hydrogen-bond donors (Lipinski definition) is 2. The molecule has 0 saturated carbocycles. The summed E-state index contributed by atoms with van der Waals surface area (Å²) in [5.41, 5.74) is 4.99. The molecular formula is C22H28N4O4S. The van der Waals surface area contributed by atoms with Crippen molar-refractivity contribution in [1.29, 1.82) is 0 Å². The van der Waals surface area contributed by atoms with Crippen LogP contribution in [0.1, 0.15) is 58.9 Å². The average molecular weight is 445 g/mol. The fourth-order valence-electron chi connectivity index (χ4n) is 3.04. The third kappa shape index (κ3) is 6.14. The van der Waals surface area contributed by atoms with Gasteiger partial charge in [-0.15, -0.1) is 11.3 Å². The lowest BCUT2D eigenvalue weighted by atomic mass is 10.1. The molecule has 0 aliphatic heterocycles. The first-order chi connectivity index (χ1) is 14.8. The summed E-state index contributed by atoms with van der Waals surface area (Å²) in [4.78, 5) is 39.0. The van der Waals surface area contributed by atoms with Crippen molar-refractivity contribution in [3.8, 4) is 0 Å². The lowest BCUT2D eigenvalue weighted by Gasteiger charge is -2.20. The summed E-state index contributed by atoms with van der Waals surface area (Å²) in [5, 5.41) is 6.78. The van der Waals surface area contributed by atoms with Crippen LogP contribution in [0.5, 0.6) is 0 Å². The Morgan fingerprint density at radius 1 is 1.13 bits per heavy atom. The lowest BCUT2D eigenvalue weighted by molar-refractivity contribution is 0.0527. The van der Waals surface area contributed by atoms with Gasteiger partial charge in [-0.2, -0.15) is 5.10 Å². The van der Waals surface area contributed by atoms with Crippen molar-refractivity contribution in [3.05, 3.63) is 45.8 Å². The van der Waals surface area contributed by atoms with E-state index in [9.17, 15) is 14.4 Å². The van der Waals surface area contributed by atoms with Crippen LogP contribution >= 0.6 is 11.3 Å². The van der Waals surface area contributed by atoms with Gasteiger partial charge in [-0.05, 0) is 57.9 Å². The third-order valence-electron chi connectivity index (χ3n) is 4.57. The lowest BCUT2D eigenvalue weighted by Crippen LogP contribution is -2.25. The number of ketones is 1. The highest BCUT2D eigenvalue weighted by Gasteiger charge is 2.25. The van der Waals surface area contributed by atoms with Crippen molar-refractivity contribution < 1.29 is 19.1 Å². The maximum absolute atomic E-state index is 12.3. The number of Topliss-reactive ketones (excluding diaryl/α,β-unsaturated/α-hetero) is 1. The topological polar surface area (TPSA) is 100 Å². The maximum Gasteiger partial charge on any atom is 0.341 e. The highest BCUT2D eigenvalue weighted by molar-refractivity contribution is 7.18. The van der Waals surface area contributed by atoms with Gasteiger partial charge >= 0.3 is 12.0 Å². The normalized spacial score (nSPS) is 10.7. The Morgan fingerprint density at radius 3 is 2.32 bits per heavy atom. The minimum absolute atomic E-state index is 0.183. The molecule has 0 radical (unpaired) electrons. The molecule has 2 N–H and O–H groups in total. The zero-order valence-corrected chi connectivity index (χ0v) is 19.3. The monoisotopic (exact) mass is 444 g/mol. The van der Waals surface area contributed by atoms with Crippen molar-refractivity contribution >= 4 is 46.0 Å². The predicted octanol–water partition coefficient (Wildman–Crippen LogP) is 4.44. The Kier molecular flexibility index (Phi) is 8.75. The summed E-state index contributed by atoms with van der Waals surface area (Å²) < 4.78 is 5.06. The summed E-state index contributed by atoms with van der Waals surface area (Å²) in [7, 11) is 0. The van der Waals surface area contributed by atoms with E-state index in [0.717, 1.165) is 35.7 Å². The number of benzene rings is 1. The molecule has 9 heteroatoms. The van der Waals surface area contributed by atoms with Gasteiger partial charge in [0.2, 0.25) is 0 Å². The number of hydrogen-bond acceptors (Lipinski definition) is 7. The second-order valence-electron chi connectivity index (χ2n) is 6.62. The van der Waals surface area contributed by atoms with E-state index in [4.69, 9.17) is 4.74 Å². The number of thiophene rings is 1. The number of anilines is 2. The van der Waals surface area contributed by atoms with E-state index in [1.54, 1.807) is 13.8 Å². The average Bonchev–Trinajstić information content (AvgIpc) is 3.06. The van der Waals surface area contributed by atoms with Gasteiger partial charge in [-0.25, -0.2) is 15.0 Å². The molecule has 2 aromatic rings. The van der Waals surface area contributed by atoms with Crippen LogP contribution in [0.15, 0.2) is 29.4 Å². The maximum atomic E-state index is 12.3. The minimum Gasteiger partial charge on any atom is -0.462 e. The largest absolute Gasteiger partial charge is 0.462 e. The molecule has 1 heterocycles. The number of urea groups is 1. The molecule has 1 aromatic heterocycles. The number of amides is 2. The van der Waals surface area contributed by atoms with Crippen LogP contribution in [0.3, 0.4) is 0 Å². The number of hydrazone groups is 1. The summed E-state index contributed by atoms with van der Waals surface area (Å²) in [6.45, 7) is 11.0. The summed E-state index contributed by atoms with van der Waals surface area (Å²) in [5.74, 6) is -0.775. The van der Waals surface area contributed by atoms with Crippen LogP contribution in [-0.2, 0) is 4.74 Å². The molecule has 8 nitrogen and oxygen atoms in total. The van der Waals surface area contributed by atoms with Gasteiger partial charge in [0.25, 0.3) is 0 Å². The first-order valence-electron chi connectivity index (χ1n) is 10.1. The summed E-state index contributed by atoms with van der Waals surface area (Å²) in [6, 6.07) is 7.20. The molecule has 0 saturated heterocycles. The molecule has 166 valence electrons. The van der Waals surface area contributed by atoms with Gasteiger partial charge in [0.1, 0.15) is 5.00 Å². The molecule has 0 aliphatic carbocycles. The fraction of sp³-hybridized carbons (Fsp3) is 0.364. The molecule has 2 amide bonds. The molecule has 0 bridgehead atoms. The number of nitrogens with one attached hydrogen (secondary N) is 2. The van der Waals surface area contributed by atoms with Gasteiger partial charge in [-0.3, -0.25) is 10.1 Å².